The van der Waals surface area contributed by atoms with Crippen molar-refractivity contribution in [1.82, 2.24) is 0 Å². The Morgan fingerprint density at radius 1 is 1.12 bits per heavy atom. The number of ether oxygens (including phenoxy) is 1. The monoisotopic (exact) mass is 242 g/mol. The predicted molar refractivity (Wildman–Crippen MR) is 73.0 cm³/mol. The summed E-state index contributed by atoms with van der Waals surface area (Å²) in [5.74, 6) is 0.352. The van der Waals surface area contributed by atoms with E-state index in [0.29, 0.717) is 12.5 Å². The average molecular weight is 242 g/mol. The van der Waals surface area contributed by atoms with Crippen LogP contribution in [0.25, 0.3) is 0 Å². The van der Waals surface area contributed by atoms with E-state index in [9.17, 15) is 4.79 Å². The van der Waals surface area contributed by atoms with E-state index in [1.165, 1.54) is 12.8 Å². The molecule has 0 saturated heterocycles. The lowest BCUT2D eigenvalue weighted by Crippen LogP contribution is -2.33. The minimum absolute atomic E-state index is 0.0325. The van der Waals surface area contributed by atoms with Crippen molar-refractivity contribution in [3.05, 3.63) is 0 Å². The van der Waals surface area contributed by atoms with Gasteiger partial charge in [-0.3, -0.25) is 4.79 Å². The van der Waals surface area contributed by atoms with Crippen molar-refractivity contribution >= 4 is 5.97 Å². The molecule has 0 heterocycles. The van der Waals surface area contributed by atoms with E-state index in [1.54, 1.807) is 0 Å². The first-order chi connectivity index (χ1) is 7.96. The molecule has 0 aliphatic carbocycles. The van der Waals surface area contributed by atoms with E-state index < -0.39 is 0 Å². The second-order valence-electron chi connectivity index (χ2n) is 5.61. The summed E-state index contributed by atoms with van der Waals surface area (Å²) in [6, 6.07) is 0. The van der Waals surface area contributed by atoms with E-state index in [0.717, 1.165) is 25.7 Å². The fraction of sp³-hybridized carbons (Fsp3) is 0.933. The van der Waals surface area contributed by atoms with Gasteiger partial charge in [0.2, 0.25) is 0 Å². The number of hydrogen-bond donors (Lipinski definition) is 0. The normalized spacial score (nSPS) is 13.5. The summed E-state index contributed by atoms with van der Waals surface area (Å²) >= 11 is 0. The molecule has 1 atom stereocenters. The van der Waals surface area contributed by atoms with Gasteiger partial charge in [-0.05, 0) is 32.6 Å². The van der Waals surface area contributed by atoms with Crippen molar-refractivity contribution in [2.75, 3.05) is 6.61 Å². The standard InChI is InChI=1S/C15H30O2/c1-6-8-9-10-12-17-14(16)15(4,5)13(3)11-7-2/h13H,6-12H2,1-5H3. The summed E-state index contributed by atoms with van der Waals surface area (Å²) in [5.41, 5.74) is -0.346. The molecular weight excluding hydrogens is 212 g/mol. The molecule has 0 aromatic heterocycles. The Morgan fingerprint density at radius 2 is 1.76 bits per heavy atom. The largest absolute Gasteiger partial charge is 0.465 e. The smallest absolute Gasteiger partial charge is 0.311 e. The Kier molecular flexibility index (Phi) is 8.28. The Morgan fingerprint density at radius 3 is 2.29 bits per heavy atom. The second-order valence-corrected chi connectivity index (χ2v) is 5.61. The van der Waals surface area contributed by atoms with Crippen LogP contribution in [0.15, 0.2) is 0 Å². The summed E-state index contributed by atoms with van der Waals surface area (Å²) in [5, 5.41) is 0. The fourth-order valence-corrected chi connectivity index (χ4v) is 1.87. The zero-order valence-corrected chi connectivity index (χ0v) is 12.3. The highest BCUT2D eigenvalue weighted by molar-refractivity contribution is 5.76. The molecule has 0 amide bonds. The number of carbonyl (C=O) groups is 1. The Balaban J connectivity index is 3.94. The van der Waals surface area contributed by atoms with Crippen LogP contribution in [0.3, 0.4) is 0 Å². The summed E-state index contributed by atoms with van der Waals surface area (Å²) in [7, 11) is 0. The van der Waals surface area contributed by atoms with Crippen molar-refractivity contribution in [3.8, 4) is 0 Å². The fourth-order valence-electron chi connectivity index (χ4n) is 1.87. The summed E-state index contributed by atoms with van der Waals surface area (Å²) < 4.78 is 5.38. The van der Waals surface area contributed by atoms with Crippen LogP contribution in [0.1, 0.15) is 73.1 Å². The maximum absolute atomic E-state index is 12.0. The van der Waals surface area contributed by atoms with Gasteiger partial charge in [0.25, 0.3) is 0 Å². The number of hydrogen-bond acceptors (Lipinski definition) is 2. The molecule has 0 bridgehead atoms. The first-order valence-electron chi connectivity index (χ1n) is 7.14. The zero-order chi connectivity index (χ0) is 13.3. The van der Waals surface area contributed by atoms with Crippen LogP contribution in [0.4, 0.5) is 0 Å². The van der Waals surface area contributed by atoms with E-state index in [-0.39, 0.29) is 11.4 Å². The first kappa shape index (κ1) is 16.5. The number of esters is 1. The maximum Gasteiger partial charge on any atom is 0.311 e. The highest BCUT2D eigenvalue weighted by Gasteiger charge is 2.34. The minimum atomic E-state index is -0.346. The van der Waals surface area contributed by atoms with E-state index in [2.05, 4.69) is 20.8 Å². The third-order valence-corrected chi connectivity index (χ3v) is 3.71. The number of rotatable bonds is 9. The zero-order valence-electron chi connectivity index (χ0n) is 12.3. The van der Waals surface area contributed by atoms with Crippen LogP contribution in [-0.2, 0) is 9.53 Å². The van der Waals surface area contributed by atoms with Gasteiger partial charge in [0.1, 0.15) is 0 Å². The molecule has 102 valence electrons. The lowest BCUT2D eigenvalue weighted by Gasteiger charge is -2.29. The summed E-state index contributed by atoms with van der Waals surface area (Å²) in [4.78, 5) is 12.0. The van der Waals surface area contributed by atoms with Gasteiger partial charge in [0.15, 0.2) is 0 Å². The van der Waals surface area contributed by atoms with Crippen LogP contribution in [0.5, 0.6) is 0 Å². The van der Waals surface area contributed by atoms with Gasteiger partial charge < -0.3 is 4.74 Å². The van der Waals surface area contributed by atoms with Crippen molar-refractivity contribution in [2.24, 2.45) is 11.3 Å². The molecule has 0 aliphatic heterocycles. The van der Waals surface area contributed by atoms with Gasteiger partial charge in [-0.1, -0.05) is 46.5 Å². The maximum atomic E-state index is 12.0. The molecule has 0 aromatic carbocycles. The van der Waals surface area contributed by atoms with Gasteiger partial charge in [0, 0.05) is 0 Å². The number of carbonyl (C=O) groups excluding carboxylic acids is 1. The third kappa shape index (κ3) is 6.09. The minimum Gasteiger partial charge on any atom is -0.465 e. The van der Waals surface area contributed by atoms with Crippen LogP contribution < -0.4 is 0 Å². The second kappa shape index (κ2) is 8.54. The molecule has 0 fully saturated rings. The Bertz CT molecular complexity index is 209. The third-order valence-electron chi connectivity index (χ3n) is 3.71. The van der Waals surface area contributed by atoms with Gasteiger partial charge >= 0.3 is 5.97 Å². The molecule has 0 radical (unpaired) electrons. The molecule has 0 saturated carbocycles. The quantitative estimate of drug-likeness (QED) is 0.437. The Hall–Kier alpha value is -0.530. The average Bonchev–Trinajstić information content (AvgIpc) is 2.28. The van der Waals surface area contributed by atoms with Crippen LogP contribution in [0.2, 0.25) is 0 Å². The molecule has 0 aliphatic rings. The van der Waals surface area contributed by atoms with Crippen LogP contribution in [-0.4, -0.2) is 12.6 Å². The van der Waals surface area contributed by atoms with Crippen molar-refractivity contribution in [3.63, 3.8) is 0 Å². The van der Waals surface area contributed by atoms with Crippen molar-refractivity contribution in [1.29, 1.82) is 0 Å². The van der Waals surface area contributed by atoms with Gasteiger partial charge in [-0.25, -0.2) is 0 Å². The molecular formula is C15H30O2. The van der Waals surface area contributed by atoms with E-state index in [1.807, 2.05) is 13.8 Å². The van der Waals surface area contributed by atoms with Gasteiger partial charge in [-0.15, -0.1) is 0 Å². The topological polar surface area (TPSA) is 26.3 Å². The molecule has 0 rings (SSSR count). The lowest BCUT2D eigenvalue weighted by molar-refractivity contribution is -0.157. The molecule has 17 heavy (non-hydrogen) atoms. The molecule has 0 spiro atoms. The highest BCUT2D eigenvalue weighted by atomic mass is 16.5. The molecule has 2 heteroatoms. The van der Waals surface area contributed by atoms with Crippen molar-refractivity contribution < 1.29 is 9.53 Å². The number of unbranched alkanes of at least 4 members (excludes halogenated alkanes) is 3. The predicted octanol–water partition coefficient (Wildman–Crippen LogP) is 4.57. The summed E-state index contributed by atoms with van der Waals surface area (Å²) in [6.07, 6.45) is 6.80. The van der Waals surface area contributed by atoms with Crippen molar-refractivity contribution in [2.45, 2.75) is 73.1 Å². The summed E-state index contributed by atoms with van der Waals surface area (Å²) in [6.45, 7) is 11.1. The van der Waals surface area contributed by atoms with E-state index >= 15 is 0 Å². The molecule has 0 aromatic rings. The lowest BCUT2D eigenvalue weighted by atomic mass is 9.78. The molecule has 0 N–H and O–H groups in total. The van der Waals surface area contributed by atoms with Gasteiger partial charge in [0.05, 0.1) is 12.0 Å². The van der Waals surface area contributed by atoms with Gasteiger partial charge in [-0.2, -0.15) is 0 Å². The van der Waals surface area contributed by atoms with E-state index in [4.69, 9.17) is 4.74 Å². The van der Waals surface area contributed by atoms with Crippen LogP contribution >= 0.6 is 0 Å². The molecule has 1 unspecified atom stereocenters. The van der Waals surface area contributed by atoms with Crippen LogP contribution in [0, 0.1) is 11.3 Å². The molecule has 2 nitrogen and oxygen atoms in total. The SMILES string of the molecule is CCCCCCOC(=O)C(C)(C)C(C)CCC. The Labute approximate surface area is 107 Å². The first-order valence-corrected chi connectivity index (χ1v) is 7.14. The highest BCUT2D eigenvalue weighted by Crippen LogP contribution is 2.31.